The molecule has 6 heteroatoms. The molecule has 0 N–H and O–H groups in total. The number of hydrogen-bond acceptors (Lipinski definition) is 6. The van der Waals surface area contributed by atoms with Gasteiger partial charge in [-0.1, -0.05) is 44.2 Å². The van der Waals surface area contributed by atoms with Crippen molar-refractivity contribution in [1.29, 1.82) is 0 Å². The van der Waals surface area contributed by atoms with Gasteiger partial charge in [0, 0.05) is 0 Å². The Kier molecular flexibility index (Phi) is 6.63. The molecule has 2 aliphatic rings. The molecule has 170 valence electrons. The standard InChI is InChI=1S/C26H30O6/c1-3-25(13-29-14-25)17-31-23(27)21-10-20(19-8-6-5-7-9-19)11-22(12-21)24(28)32-18-26(4-2)15-30-16-26/h5-12H,3-4,13-18H2,1-2H3. The van der Waals surface area contributed by atoms with E-state index in [1.807, 2.05) is 30.3 Å². The summed E-state index contributed by atoms with van der Waals surface area (Å²) in [6.07, 6.45) is 1.76. The molecule has 6 nitrogen and oxygen atoms in total. The molecule has 0 aromatic heterocycles. The van der Waals surface area contributed by atoms with Crippen molar-refractivity contribution < 1.29 is 28.5 Å². The van der Waals surface area contributed by atoms with Crippen LogP contribution in [-0.4, -0.2) is 51.6 Å². The SMILES string of the molecule is CCC1(COC(=O)c2cc(C(=O)OCC3(CC)COC3)cc(-c3ccccc3)c2)COC1. The van der Waals surface area contributed by atoms with Crippen molar-refractivity contribution in [2.75, 3.05) is 39.6 Å². The number of ether oxygens (including phenoxy) is 4. The first kappa shape index (κ1) is 22.5. The fourth-order valence-electron chi connectivity index (χ4n) is 3.83. The van der Waals surface area contributed by atoms with Gasteiger partial charge in [-0.05, 0) is 42.2 Å². The minimum absolute atomic E-state index is 0.103. The number of hydrogen-bond donors (Lipinski definition) is 0. The van der Waals surface area contributed by atoms with E-state index in [1.165, 1.54) is 0 Å². The van der Waals surface area contributed by atoms with Crippen LogP contribution in [0.15, 0.2) is 48.5 Å². The maximum atomic E-state index is 12.9. The summed E-state index contributed by atoms with van der Waals surface area (Å²) in [5, 5.41) is 0. The summed E-state index contributed by atoms with van der Waals surface area (Å²) in [7, 11) is 0. The van der Waals surface area contributed by atoms with Gasteiger partial charge in [0.15, 0.2) is 0 Å². The zero-order valence-electron chi connectivity index (χ0n) is 18.7. The Balaban J connectivity index is 1.55. The summed E-state index contributed by atoms with van der Waals surface area (Å²) < 4.78 is 21.9. The number of carbonyl (C=O) groups is 2. The Hall–Kier alpha value is -2.70. The number of benzene rings is 2. The molecule has 0 unspecified atom stereocenters. The maximum Gasteiger partial charge on any atom is 0.338 e. The number of esters is 2. The van der Waals surface area contributed by atoms with Crippen molar-refractivity contribution in [1.82, 2.24) is 0 Å². The normalized spacial score (nSPS) is 18.2. The zero-order valence-corrected chi connectivity index (χ0v) is 18.7. The van der Waals surface area contributed by atoms with E-state index in [2.05, 4.69) is 13.8 Å². The molecule has 0 spiro atoms. The third-order valence-electron chi connectivity index (χ3n) is 6.66. The largest absolute Gasteiger partial charge is 0.461 e. The molecular formula is C26H30O6. The van der Waals surface area contributed by atoms with Crippen molar-refractivity contribution in [3.63, 3.8) is 0 Å². The molecule has 0 aliphatic carbocycles. The lowest BCUT2D eigenvalue weighted by Gasteiger charge is -2.40. The summed E-state index contributed by atoms with van der Waals surface area (Å²) in [4.78, 5) is 25.8. The van der Waals surface area contributed by atoms with Gasteiger partial charge in [-0.3, -0.25) is 0 Å². The molecule has 2 aliphatic heterocycles. The van der Waals surface area contributed by atoms with E-state index >= 15 is 0 Å². The van der Waals surface area contributed by atoms with Crippen LogP contribution in [0.3, 0.4) is 0 Å². The molecule has 0 radical (unpaired) electrons. The van der Waals surface area contributed by atoms with Gasteiger partial charge < -0.3 is 18.9 Å². The Labute approximate surface area is 188 Å². The third-order valence-corrected chi connectivity index (χ3v) is 6.66. The minimum Gasteiger partial charge on any atom is -0.461 e. The Bertz CT molecular complexity index is 892. The van der Waals surface area contributed by atoms with Crippen LogP contribution in [0.5, 0.6) is 0 Å². The lowest BCUT2D eigenvalue weighted by Crippen LogP contribution is -2.46. The summed E-state index contributed by atoms with van der Waals surface area (Å²) in [6.45, 7) is 7.13. The highest BCUT2D eigenvalue weighted by molar-refractivity contribution is 5.97. The first-order chi connectivity index (χ1) is 15.5. The molecule has 2 aromatic rings. The van der Waals surface area contributed by atoms with Crippen molar-refractivity contribution in [3.8, 4) is 11.1 Å². The van der Waals surface area contributed by atoms with Gasteiger partial charge >= 0.3 is 11.9 Å². The highest BCUT2D eigenvalue weighted by Gasteiger charge is 2.39. The molecule has 2 aromatic carbocycles. The van der Waals surface area contributed by atoms with Crippen molar-refractivity contribution in [3.05, 3.63) is 59.7 Å². The predicted molar refractivity (Wildman–Crippen MR) is 120 cm³/mol. The average Bonchev–Trinajstić information content (AvgIpc) is 2.78. The van der Waals surface area contributed by atoms with E-state index in [-0.39, 0.29) is 10.8 Å². The van der Waals surface area contributed by atoms with Crippen LogP contribution < -0.4 is 0 Å². The highest BCUT2D eigenvalue weighted by atomic mass is 16.6. The summed E-state index contributed by atoms with van der Waals surface area (Å²) in [6, 6.07) is 14.7. The van der Waals surface area contributed by atoms with Gasteiger partial charge in [0.1, 0.15) is 13.2 Å². The van der Waals surface area contributed by atoms with E-state index < -0.39 is 11.9 Å². The Morgan fingerprint density at radius 1 is 0.750 bits per heavy atom. The van der Waals surface area contributed by atoms with Gasteiger partial charge in [0.05, 0.1) is 48.4 Å². The Morgan fingerprint density at radius 2 is 1.22 bits per heavy atom. The second-order valence-electron chi connectivity index (χ2n) is 9.01. The second kappa shape index (κ2) is 9.43. The van der Waals surface area contributed by atoms with E-state index in [0.717, 1.165) is 24.0 Å². The van der Waals surface area contributed by atoms with Crippen LogP contribution in [0.4, 0.5) is 0 Å². The van der Waals surface area contributed by atoms with Crippen LogP contribution >= 0.6 is 0 Å². The fraction of sp³-hybridized carbons (Fsp3) is 0.462. The minimum atomic E-state index is -0.450. The molecule has 0 bridgehead atoms. The van der Waals surface area contributed by atoms with Gasteiger partial charge in [-0.25, -0.2) is 9.59 Å². The Morgan fingerprint density at radius 3 is 1.59 bits per heavy atom. The zero-order chi connectivity index (χ0) is 22.6. The van der Waals surface area contributed by atoms with Crippen LogP contribution in [0, 0.1) is 10.8 Å². The summed E-state index contributed by atoms with van der Waals surface area (Å²) in [5.41, 5.74) is 2.14. The van der Waals surface area contributed by atoms with Crippen LogP contribution in [0.25, 0.3) is 11.1 Å². The first-order valence-electron chi connectivity index (χ1n) is 11.2. The van der Waals surface area contributed by atoms with Gasteiger partial charge in [0.25, 0.3) is 0 Å². The van der Waals surface area contributed by atoms with Crippen LogP contribution in [0.1, 0.15) is 47.4 Å². The molecule has 2 heterocycles. The number of carbonyl (C=O) groups excluding carboxylic acids is 2. The highest BCUT2D eigenvalue weighted by Crippen LogP contribution is 2.33. The molecule has 0 atom stereocenters. The topological polar surface area (TPSA) is 71.1 Å². The lowest BCUT2D eigenvalue weighted by molar-refractivity contribution is -0.140. The molecule has 4 rings (SSSR count). The quantitative estimate of drug-likeness (QED) is 0.536. The second-order valence-corrected chi connectivity index (χ2v) is 9.01. The van der Waals surface area contributed by atoms with Crippen molar-refractivity contribution in [2.24, 2.45) is 10.8 Å². The smallest absolute Gasteiger partial charge is 0.338 e. The monoisotopic (exact) mass is 438 g/mol. The molecule has 0 saturated carbocycles. The fourth-order valence-corrected chi connectivity index (χ4v) is 3.83. The van der Waals surface area contributed by atoms with Gasteiger partial charge in [-0.15, -0.1) is 0 Å². The third kappa shape index (κ3) is 4.71. The van der Waals surface area contributed by atoms with E-state index in [1.54, 1.807) is 18.2 Å². The van der Waals surface area contributed by atoms with E-state index in [4.69, 9.17) is 18.9 Å². The molecule has 32 heavy (non-hydrogen) atoms. The molecular weight excluding hydrogens is 408 g/mol. The predicted octanol–water partition coefficient (Wildman–Crippen LogP) is 4.52. The molecule has 2 saturated heterocycles. The lowest BCUT2D eigenvalue weighted by atomic mass is 9.84. The van der Waals surface area contributed by atoms with Gasteiger partial charge in [0.2, 0.25) is 0 Å². The van der Waals surface area contributed by atoms with Crippen molar-refractivity contribution in [2.45, 2.75) is 26.7 Å². The van der Waals surface area contributed by atoms with Crippen LogP contribution in [-0.2, 0) is 18.9 Å². The number of rotatable bonds is 9. The average molecular weight is 439 g/mol. The van der Waals surface area contributed by atoms with E-state index in [9.17, 15) is 9.59 Å². The van der Waals surface area contributed by atoms with Crippen LogP contribution in [0.2, 0.25) is 0 Å². The van der Waals surface area contributed by atoms with Crippen molar-refractivity contribution >= 4 is 11.9 Å². The van der Waals surface area contributed by atoms with E-state index in [0.29, 0.717) is 50.8 Å². The maximum absolute atomic E-state index is 12.9. The summed E-state index contributed by atoms with van der Waals surface area (Å²) >= 11 is 0. The first-order valence-corrected chi connectivity index (χ1v) is 11.2. The summed E-state index contributed by atoms with van der Waals surface area (Å²) in [5.74, 6) is -0.900. The molecule has 2 fully saturated rings. The molecule has 0 amide bonds. The van der Waals surface area contributed by atoms with Gasteiger partial charge in [-0.2, -0.15) is 0 Å².